The molecular formula is C22H24ClFN4O3S. The van der Waals surface area contributed by atoms with Gasteiger partial charge in [0.2, 0.25) is 5.91 Å². The number of anilines is 1. The Hall–Kier alpha value is -2.78. The van der Waals surface area contributed by atoms with Crippen LogP contribution in [-0.2, 0) is 4.79 Å². The summed E-state index contributed by atoms with van der Waals surface area (Å²) in [7, 11) is 1.61. The van der Waals surface area contributed by atoms with Crippen LogP contribution in [0.5, 0.6) is 11.5 Å². The Balaban J connectivity index is 1.67. The maximum Gasteiger partial charge on any atom is 0.234 e. The molecule has 32 heavy (non-hydrogen) atoms. The molecule has 0 aliphatic rings. The number of hydrogen-bond donors (Lipinski definition) is 1. The molecule has 0 spiro atoms. The topological polar surface area (TPSA) is 78.3 Å². The Bertz CT molecular complexity index is 1080. The first-order chi connectivity index (χ1) is 15.3. The first kappa shape index (κ1) is 23.9. The molecule has 3 rings (SSSR count). The molecule has 0 bridgehead atoms. The van der Waals surface area contributed by atoms with E-state index in [4.69, 9.17) is 21.1 Å². The standard InChI is InChI=1S/C22H24ClFN4O3S/c1-13(2)28-21(14(3)31-17-8-6-16(30-4)7-9-17)26-27-22(28)32-12-20(29)25-19-10-5-15(24)11-18(19)23/h5-11,13-14H,12H2,1-4H3,(H,25,29). The van der Waals surface area contributed by atoms with E-state index in [-0.39, 0.29) is 28.8 Å². The van der Waals surface area contributed by atoms with Gasteiger partial charge in [0.15, 0.2) is 17.1 Å². The molecule has 170 valence electrons. The van der Waals surface area contributed by atoms with Crippen LogP contribution in [-0.4, -0.2) is 33.5 Å². The summed E-state index contributed by atoms with van der Waals surface area (Å²) in [6, 6.07) is 11.2. The van der Waals surface area contributed by atoms with Gasteiger partial charge >= 0.3 is 0 Å². The number of benzene rings is 2. The van der Waals surface area contributed by atoms with E-state index in [0.29, 0.717) is 22.4 Å². The highest BCUT2D eigenvalue weighted by Gasteiger charge is 2.22. The van der Waals surface area contributed by atoms with E-state index in [2.05, 4.69) is 15.5 Å². The molecule has 7 nitrogen and oxygen atoms in total. The molecule has 0 fully saturated rings. The first-order valence-electron chi connectivity index (χ1n) is 9.91. The number of rotatable bonds is 9. The lowest BCUT2D eigenvalue weighted by molar-refractivity contribution is -0.113. The van der Waals surface area contributed by atoms with Crippen LogP contribution in [0.15, 0.2) is 47.6 Å². The molecule has 1 unspecified atom stereocenters. The van der Waals surface area contributed by atoms with Crippen molar-refractivity contribution < 1.29 is 18.7 Å². The van der Waals surface area contributed by atoms with Crippen molar-refractivity contribution in [2.45, 2.75) is 38.1 Å². The largest absolute Gasteiger partial charge is 0.497 e. The zero-order valence-corrected chi connectivity index (χ0v) is 19.7. The van der Waals surface area contributed by atoms with Crippen LogP contribution in [0.4, 0.5) is 10.1 Å². The smallest absolute Gasteiger partial charge is 0.234 e. The summed E-state index contributed by atoms with van der Waals surface area (Å²) in [5, 5.41) is 12.0. The van der Waals surface area contributed by atoms with Gasteiger partial charge in [-0.3, -0.25) is 4.79 Å². The van der Waals surface area contributed by atoms with Crippen LogP contribution in [0.2, 0.25) is 5.02 Å². The number of halogens is 2. The van der Waals surface area contributed by atoms with E-state index in [1.165, 1.54) is 23.9 Å². The summed E-state index contributed by atoms with van der Waals surface area (Å²) in [6.07, 6.45) is -0.362. The van der Waals surface area contributed by atoms with Gasteiger partial charge in [-0.2, -0.15) is 0 Å². The second kappa shape index (κ2) is 10.7. The number of carbonyl (C=O) groups excluding carboxylic acids is 1. The van der Waals surface area contributed by atoms with Crippen LogP contribution in [0.3, 0.4) is 0 Å². The highest BCUT2D eigenvalue weighted by atomic mass is 35.5. The summed E-state index contributed by atoms with van der Waals surface area (Å²) in [6.45, 7) is 5.91. The minimum atomic E-state index is -0.467. The van der Waals surface area contributed by atoms with Crippen LogP contribution < -0.4 is 14.8 Å². The molecule has 1 N–H and O–H groups in total. The zero-order valence-electron chi connectivity index (χ0n) is 18.1. The highest BCUT2D eigenvalue weighted by Crippen LogP contribution is 2.29. The number of nitrogens with zero attached hydrogens (tertiary/aromatic N) is 3. The molecule has 0 radical (unpaired) electrons. The number of aromatic nitrogens is 3. The minimum absolute atomic E-state index is 0.0546. The third-order valence-electron chi connectivity index (χ3n) is 4.48. The molecule has 1 heterocycles. The van der Waals surface area contributed by atoms with E-state index in [9.17, 15) is 9.18 Å². The summed E-state index contributed by atoms with van der Waals surface area (Å²) in [5.41, 5.74) is 0.353. The van der Waals surface area contributed by atoms with Crippen molar-refractivity contribution in [3.05, 3.63) is 59.1 Å². The molecule has 0 saturated carbocycles. The van der Waals surface area contributed by atoms with Crippen LogP contribution in [0.25, 0.3) is 0 Å². The van der Waals surface area contributed by atoms with Gasteiger partial charge in [0.05, 0.1) is 23.6 Å². The second-order valence-electron chi connectivity index (χ2n) is 7.20. The van der Waals surface area contributed by atoms with Crippen molar-refractivity contribution in [1.29, 1.82) is 0 Å². The van der Waals surface area contributed by atoms with E-state index in [1.807, 2.05) is 49.6 Å². The quantitative estimate of drug-likeness (QED) is 0.407. The number of ether oxygens (including phenoxy) is 2. The first-order valence-corrected chi connectivity index (χ1v) is 11.3. The molecular weight excluding hydrogens is 455 g/mol. The lowest BCUT2D eigenvalue weighted by Gasteiger charge is -2.19. The van der Waals surface area contributed by atoms with Gasteiger partial charge in [-0.25, -0.2) is 4.39 Å². The Morgan fingerprint density at radius 3 is 2.47 bits per heavy atom. The number of methoxy groups -OCH3 is 1. The molecule has 0 saturated heterocycles. The van der Waals surface area contributed by atoms with Crippen molar-refractivity contribution in [2.24, 2.45) is 0 Å². The maximum atomic E-state index is 13.2. The zero-order chi connectivity index (χ0) is 23.3. The Morgan fingerprint density at radius 1 is 1.16 bits per heavy atom. The van der Waals surface area contributed by atoms with Gasteiger partial charge in [0.1, 0.15) is 17.3 Å². The van der Waals surface area contributed by atoms with Crippen molar-refractivity contribution in [1.82, 2.24) is 14.8 Å². The SMILES string of the molecule is COc1ccc(OC(C)c2nnc(SCC(=O)Nc3ccc(F)cc3Cl)n2C(C)C)cc1. The third-order valence-corrected chi connectivity index (χ3v) is 5.74. The molecule has 10 heteroatoms. The molecule has 0 aliphatic carbocycles. The lowest BCUT2D eigenvalue weighted by Crippen LogP contribution is -2.16. The number of nitrogens with one attached hydrogen (secondary N) is 1. The number of thioether (sulfide) groups is 1. The van der Waals surface area contributed by atoms with Gasteiger partial charge in [-0.05, 0) is 63.2 Å². The van der Waals surface area contributed by atoms with E-state index in [1.54, 1.807) is 7.11 Å². The van der Waals surface area contributed by atoms with Crippen molar-refractivity contribution in [2.75, 3.05) is 18.2 Å². The van der Waals surface area contributed by atoms with Gasteiger partial charge < -0.3 is 19.4 Å². The van der Waals surface area contributed by atoms with E-state index >= 15 is 0 Å². The predicted molar refractivity (Wildman–Crippen MR) is 123 cm³/mol. The molecule has 3 aromatic rings. The summed E-state index contributed by atoms with van der Waals surface area (Å²) < 4.78 is 26.3. The van der Waals surface area contributed by atoms with Crippen LogP contribution in [0, 0.1) is 5.82 Å². The summed E-state index contributed by atoms with van der Waals surface area (Å²) >= 11 is 7.22. The van der Waals surface area contributed by atoms with Crippen molar-refractivity contribution in [3.8, 4) is 11.5 Å². The fourth-order valence-electron chi connectivity index (χ4n) is 2.97. The van der Waals surface area contributed by atoms with Gasteiger partial charge in [0, 0.05) is 6.04 Å². The van der Waals surface area contributed by atoms with E-state index in [0.717, 1.165) is 11.8 Å². The van der Waals surface area contributed by atoms with E-state index < -0.39 is 5.82 Å². The van der Waals surface area contributed by atoms with Gasteiger partial charge in [0.25, 0.3) is 0 Å². The molecule has 1 atom stereocenters. The van der Waals surface area contributed by atoms with Crippen molar-refractivity contribution >= 4 is 35.0 Å². The Labute approximate surface area is 195 Å². The second-order valence-corrected chi connectivity index (χ2v) is 8.55. The average molecular weight is 479 g/mol. The van der Waals surface area contributed by atoms with Gasteiger partial charge in [-0.1, -0.05) is 23.4 Å². The lowest BCUT2D eigenvalue weighted by atomic mass is 10.3. The minimum Gasteiger partial charge on any atom is -0.497 e. The third kappa shape index (κ3) is 5.92. The molecule has 1 amide bonds. The van der Waals surface area contributed by atoms with Gasteiger partial charge in [-0.15, -0.1) is 10.2 Å². The summed E-state index contributed by atoms with van der Waals surface area (Å²) in [4.78, 5) is 12.4. The molecule has 0 aliphatic heterocycles. The Morgan fingerprint density at radius 2 is 1.84 bits per heavy atom. The molecule has 2 aromatic carbocycles. The highest BCUT2D eigenvalue weighted by molar-refractivity contribution is 7.99. The fraction of sp³-hybridized carbons (Fsp3) is 0.318. The fourth-order valence-corrected chi connectivity index (χ4v) is 4.06. The Kier molecular flexibility index (Phi) is 7.98. The van der Waals surface area contributed by atoms with Crippen molar-refractivity contribution in [3.63, 3.8) is 0 Å². The number of amides is 1. The van der Waals surface area contributed by atoms with Crippen LogP contribution in [0.1, 0.15) is 38.7 Å². The normalized spacial score (nSPS) is 12.0. The molecule has 1 aromatic heterocycles. The number of hydrogen-bond acceptors (Lipinski definition) is 6. The average Bonchev–Trinajstić information content (AvgIpc) is 3.19. The monoisotopic (exact) mass is 478 g/mol. The number of carbonyl (C=O) groups is 1. The predicted octanol–water partition coefficient (Wildman–Crippen LogP) is 5.53. The van der Waals surface area contributed by atoms with Crippen LogP contribution >= 0.6 is 23.4 Å². The summed E-state index contributed by atoms with van der Waals surface area (Å²) in [5.74, 6) is 1.42. The maximum absolute atomic E-state index is 13.2.